The van der Waals surface area contributed by atoms with E-state index in [1.54, 1.807) is 0 Å². The Labute approximate surface area is 165 Å². The van der Waals surface area contributed by atoms with Crippen molar-refractivity contribution >= 4 is 44.2 Å². The van der Waals surface area contributed by atoms with Crippen molar-refractivity contribution in [2.75, 3.05) is 45.0 Å². The number of ether oxygens (including phenoxy) is 2. The Morgan fingerprint density at radius 1 is 1.33 bits per heavy atom. The molecule has 1 aliphatic heterocycles. The number of morpholine rings is 1. The van der Waals surface area contributed by atoms with Gasteiger partial charge in [-0.15, -0.1) is 10.2 Å². The molecule has 0 radical (unpaired) electrons. The molecule has 0 atom stereocenters. The molecule has 27 heavy (non-hydrogen) atoms. The molecule has 1 aromatic heterocycles. The minimum Gasteiger partial charge on any atom is -0.496 e. The number of thioether (sulfide) groups is 1. The topological polar surface area (TPSA) is 111 Å². The SMILES string of the molecule is COc1ccc(S(=O)(=O)N2CCOCC2)cc1C(=O)Nc1nnc(SC)s1. The van der Waals surface area contributed by atoms with Crippen LogP contribution in [-0.2, 0) is 14.8 Å². The molecule has 1 saturated heterocycles. The average molecular weight is 431 g/mol. The zero-order valence-corrected chi connectivity index (χ0v) is 17.1. The van der Waals surface area contributed by atoms with E-state index in [0.29, 0.717) is 22.7 Å². The maximum Gasteiger partial charge on any atom is 0.261 e. The standard InChI is InChI=1S/C15H18N4O5S3/c1-23-12-4-3-10(27(21,22)19-5-7-24-8-6-19)9-11(12)13(20)16-14-17-18-15(25-2)26-14/h3-4,9H,5-8H2,1-2H3,(H,16,17,20). The molecule has 1 aliphatic rings. The fourth-order valence-corrected chi connectivity index (χ4v) is 5.07. The predicted molar refractivity (Wildman–Crippen MR) is 102 cm³/mol. The summed E-state index contributed by atoms with van der Waals surface area (Å²) < 4.78 is 38.1. The summed E-state index contributed by atoms with van der Waals surface area (Å²) in [4.78, 5) is 12.7. The molecule has 146 valence electrons. The molecule has 0 saturated carbocycles. The number of amides is 1. The second kappa shape index (κ2) is 8.52. The molecule has 12 heteroatoms. The van der Waals surface area contributed by atoms with E-state index in [0.717, 1.165) is 0 Å². The van der Waals surface area contributed by atoms with Gasteiger partial charge in [-0.05, 0) is 24.5 Å². The van der Waals surface area contributed by atoms with Gasteiger partial charge in [0.2, 0.25) is 15.2 Å². The molecule has 0 aliphatic carbocycles. The molecule has 0 unspecified atom stereocenters. The molecule has 3 rings (SSSR count). The number of rotatable bonds is 6. The van der Waals surface area contributed by atoms with Gasteiger partial charge in [0.05, 0.1) is 30.8 Å². The molecule has 0 bridgehead atoms. The molecule has 1 amide bonds. The van der Waals surface area contributed by atoms with E-state index in [4.69, 9.17) is 9.47 Å². The van der Waals surface area contributed by atoms with Crippen LogP contribution in [0.15, 0.2) is 27.4 Å². The van der Waals surface area contributed by atoms with Crippen molar-refractivity contribution in [2.45, 2.75) is 9.24 Å². The van der Waals surface area contributed by atoms with Crippen molar-refractivity contribution in [1.82, 2.24) is 14.5 Å². The van der Waals surface area contributed by atoms with Gasteiger partial charge in [0.25, 0.3) is 5.91 Å². The van der Waals surface area contributed by atoms with Crippen LogP contribution < -0.4 is 10.1 Å². The van der Waals surface area contributed by atoms with E-state index in [1.807, 2.05) is 6.26 Å². The summed E-state index contributed by atoms with van der Waals surface area (Å²) in [5, 5.41) is 10.8. The van der Waals surface area contributed by atoms with Gasteiger partial charge in [0.15, 0.2) is 4.34 Å². The molecular weight excluding hydrogens is 412 g/mol. The largest absolute Gasteiger partial charge is 0.496 e. The Morgan fingerprint density at radius 2 is 2.07 bits per heavy atom. The zero-order valence-electron chi connectivity index (χ0n) is 14.7. The van der Waals surface area contributed by atoms with E-state index >= 15 is 0 Å². The van der Waals surface area contributed by atoms with Crippen LogP contribution in [0.2, 0.25) is 0 Å². The van der Waals surface area contributed by atoms with Gasteiger partial charge in [-0.1, -0.05) is 23.1 Å². The highest BCUT2D eigenvalue weighted by Gasteiger charge is 2.28. The van der Waals surface area contributed by atoms with Crippen LogP contribution in [0.1, 0.15) is 10.4 Å². The van der Waals surface area contributed by atoms with Gasteiger partial charge in [0, 0.05) is 13.1 Å². The third-order valence-electron chi connectivity index (χ3n) is 3.82. The number of methoxy groups -OCH3 is 1. The van der Waals surface area contributed by atoms with Crippen molar-refractivity contribution < 1.29 is 22.7 Å². The summed E-state index contributed by atoms with van der Waals surface area (Å²) >= 11 is 2.65. The van der Waals surface area contributed by atoms with Gasteiger partial charge >= 0.3 is 0 Å². The van der Waals surface area contributed by atoms with Gasteiger partial charge < -0.3 is 9.47 Å². The third-order valence-corrected chi connectivity index (χ3v) is 7.53. The van der Waals surface area contributed by atoms with E-state index in [1.165, 1.54) is 52.7 Å². The van der Waals surface area contributed by atoms with Crippen LogP contribution in [-0.4, -0.2) is 68.5 Å². The van der Waals surface area contributed by atoms with Crippen LogP contribution in [0, 0.1) is 0 Å². The van der Waals surface area contributed by atoms with E-state index in [9.17, 15) is 13.2 Å². The van der Waals surface area contributed by atoms with Crippen LogP contribution in [0.5, 0.6) is 5.75 Å². The van der Waals surface area contributed by atoms with Crippen molar-refractivity contribution in [1.29, 1.82) is 0 Å². The number of hydrogen-bond donors (Lipinski definition) is 1. The first-order valence-corrected chi connectivity index (χ1v) is 11.4. The minimum absolute atomic E-state index is 0.0254. The first-order valence-electron chi connectivity index (χ1n) is 7.90. The third kappa shape index (κ3) is 4.41. The number of anilines is 1. The molecule has 9 nitrogen and oxygen atoms in total. The first kappa shape index (κ1) is 20.0. The van der Waals surface area contributed by atoms with Crippen LogP contribution in [0.4, 0.5) is 5.13 Å². The Morgan fingerprint density at radius 3 is 2.70 bits per heavy atom. The molecule has 2 aromatic rings. The quantitative estimate of drug-likeness (QED) is 0.543. The fraction of sp³-hybridized carbons (Fsp3) is 0.400. The van der Waals surface area contributed by atoms with E-state index in [2.05, 4.69) is 15.5 Å². The number of sulfonamides is 1. The van der Waals surface area contributed by atoms with Gasteiger partial charge in [-0.25, -0.2) is 8.42 Å². The normalized spacial score (nSPS) is 15.5. The summed E-state index contributed by atoms with van der Waals surface area (Å²) in [6.45, 7) is 1.24. The maximum absolute atomic E-state index is 12.8. The number of aromatic nitrogens is 2. The highest BCUT2D eigenvalue weighted by molar-refractivity contribution is 8.00. The lowest BCUT2D eigenvalue weighted by Gasteiger charge is -2.26. The molecule has 1 aromatic carbocycles. The number of nitrogens with one attached hydrogen (secondary N) is 1. The molecular formula is C15H18N4O5S3. The lowest BCUT2D eigenvalue weighted by molar-refractivity contribution is 0.0730. The summed E-state index contributed by atoms with van der Waals surface area (Å²) in [7, 11) is -2.31. The molecule has 2 heterocycles. The number of nitrogens with zero attached hydrogens (tertiary/aromatic N) is 3. The zero-order chi connectivity index (χ0) is 19.4. The lowest BCUT2D eigenvalue weighted by Crippen LogP contribution is -2.40. The summed E-state index contributed by atoms with van der Waals surface area (Å²) in [6.07, 6.45) is 1.86. The average Bonchev–Trinajstić information content (AvgIpc) is 3.15. The fourth-order valence-electron chi connectivity index (χ4n) is 2.47. The number of carbonyl (C=O) groups is 1. The van der Waals surface area contributed by atoms with Crippen molar-refractivity contribution in [2.24, 2.45) is 0 Å². The van der Waals surface area contributed by atoms with Crippen molar-refractivity contribution in [3.63, 3.8) is 0 Å². The Hall–Kier alpha value is -1.73. The summed E-state index contributed by atoms with van der Waals surface area (Å²) in [5.41, 5.74) is 0.104. The highest BCUT2D eigenvalue weighted by Crippen LogP contribution is 2.28. The van der Waals surface area contributed by atoms with Crippen molar-refractivity contribution in [3.8, 4) is 5.75 Å². The minimum atomic E-state index is -3.73. The summed E-state index contributed by atoms with van der Waals surface area (Å²) in [6, 6.07) is 4.21. The number of hydrogen-bond acceptors (Lipinski definition) is 9. The van der Waals surface area contributed by atoms with E-state index < -0.39 is 15.9 Å². The maximum atomic E-state index is 12.8. The Kier molecular flexibility index (Phi) is 6.32. The van der Waals surface area contributed by atoms with Gasteiger partial charge in [-0.2, -0.15) is 4.31 Å². The van der Waals surface area contributed by atoms with Crippen LogP contribution >= 0.6 is 23.1 Å². The van der Waals surface area contributed by atoms with Crippen LogP contribution in [0.25, 0.3) is 0 Å². The molecule has 1 N–H and O–H groups in total. The number of benzene rings is 1. The first-order chi connectivity index (χ1) is 13.0. The molecule has 1 fully saturated rings. The lowest BCUT2D eigenvalue weighted by atomic mass is 10.2. The molecule has 0 spiro atoms. The smallest absolute Gasteiger partial charge is 0.261 e. The van der Waals surface area contributed by atoms with Gasteiger partial charge in [-0.3, -0.25) is 10.1 Å². The van der Waals surface area contributed by atoms with Crippen molar-refractivity contribution in [3.05, 3.63) is 23.8 Å². The van der Waals surface area contributed by atoms with Crippen LogP contribution in [0.3, 0.4) is 0 Å². The second-order valence-electron chi connectivity index (χ2n) is 5.41. The number of carbonyl (C=O) groups excluding carboxylic acids is 1. The second-order valence-corrected chi connectivity index (χ2v) is 9.38. The Bertz CT molecular complexity index is 925. The predicted octanol–water partition coefficient (Wildman–Crippen LogP) is 1.54. The summed E-state index contributed by atoms with van der Waals surface area (Å²) in [5.74, 6) is -0.252. The monoisotopic (exact) mass is 430 g/mol. The highest BCUT2D eigenvalue weighted by atomic mass is 32.2. The van der Waals surface area contributed by atoms with E-state index in [-0.39, 0.29) is 29.3 Å². The van der Waals surface area contributed by atoms with Gasteiger partial charge in [0.1, 0.15) is 5.75 Å². The Balaban J connectivity index is 1.89.